The first-order valence-corrected chi connectivity index (χ1v) is 9.15. The molecule has 10 heteroatoms. The van der Waals surface area contributed by atoms with Crippen LogP contribution in [0.25, 0.3) is 11.3 Å². The Morgan fingerprint density at radius 3 is 2.48 bits per heavy atom. The summed E-state index contributed by atoms with van der Waals surface area (Å²) >= 11 is 0. The molecule has 138 valence electrons. The number of halogens is 1. The average molecular weight is 388 g/mol. The van der Waals surface area contributed by atoms with Crippen LogP contribution in [0.15, 0.2) is 65.8 Å². The lowest BCUT2D eigenvalue weighted by Gasteiger charge is -2.08. The highest BCUT2D eigenvalue weighted by Gasteiger charge is 2.24. The quantitative estimate of drug-likeness (QED) is 0.513. The summed E-state index contributed by atoms with van der Waals surface area (Å²) in [7, 11) is -4.12. The van der Waals surface area contributed by atoms with Crippen LogP contribution in [0, 0.1) is 15.9 Å². The van der Waals surface area contributed by atoms with E-state index < -0.39 is 25.5 Å². The molecule has 0 aliphatic carbocycles. The summed E-state index contributed by atoms with van der Waals surface area (Å²) < 4.78 is 40.2. The number of nitrogens with zero attached hydrogens (tertiary/aromatic N) is 3. The summed E-state index contributed by atoms with van der Waals surface area (Å²) in [5, 5.41) is 11.0. The fourth-order valence-corrected chi connectivity index (χ4v) is 3.52. The molecule has 0 spiro atoms. The monoisotopic (exact) mass is 388 g/mol. The Hall–Kier alpha value is -3.24. The van der Waals surface area contributed by atoms with Gasteiger partial charge in [0.25, 0.3) is 5.69 Å². The number of nitro benzene ring substituents is 1. The van der Waals surface area contributed by atoms with Crippen molar-refractivity contribution in [1.29, 1.82) is 0 Å². The van der Waals surface area contributed by atoms with Crippen LogP contribution in [0.2, 0.25) is 0 Å². The van der Waals surface area contributed by atoms with E-state index in [1.54, 1.807) is 18.2 Å². The summed E-state index contributed by atoms with van der Waals surface area (Å²) in [6.45, 7) is -0.189. The van der Waals surface area contributed by atoms with Crippen LogP contribution in [0.1, 0.15) is 5.69 Å². The zero-order chi connectivity index (χ0) is 19.4. The van der Waals surface area contributed by atoms with Crippen molar-refractivity contribution in [2.75, 3.05) is 0 Å². The van der Waals surface area contributed by atoms with Gasteiger partial charge in [-0.2, -0.15) is 0 Å². The number of nitro groups is 1. The lowest BCUT2D eigenvalue weighted by atomic mass is 10.1. The summed E-state index contributed by atoms with van der Waals surface area (Å²) in [5.74, 6) is -0.384. The van der Waals surface area contributed by atoms with Crippen LogP contribution < -0.4 is 4.72 Å². The van der Waals surface area contributed by atoms with Gasteiger partial charge in [0.2, 0.25) is 10.0 Å². The van der Waals surface area contributed by atoms with Gasteiger partial charge in [-0.25, -0.2) is 27.5 Å². The second kappa shape index (κ2) is 7.56. The Balaban J connectivity index is 1.82. The maximum Gasteiger partial charge on any atom is 0.289 e. The summed E-state index contributed by atoms with van der Waals surface area (Å²) in [4.78, 5) is 17.9. The van der Waals surface area contributed by atoms with Crippen molar-refractivity contribution in [3.63, 3.8) is 0 Å². The normalized spacial score (nSPS) is 11.3. The van der Waals surface area contributed by atoms with Gasteiger partial charge in [0.15, 0.2) is 4.90 Å². The molecule has 1 aromatic heterocycles. The molecule has 3 rings (SSSR count). The third kappa shape index (κ3) is 4.30. The predicted octanol–water partition coefficient (Wildman–Crippen LogP) is 2.67. The molecule has 2 aromatic carbocycles. The van der Waals surface area contributed by atoms with Crippen LogP contribution >= 0.6 is 0 Å². The van der Waals surface area contributed by atoms with E-state index in [-0.39, 0.29) is 12.4 Å². The van der Waals surface area contributed by atoms with Gasteiger partial charge in [0.05, 0.1) is 22.9 Å². The molecule has 0 amide bonds. The summed E-state index contributed by atoms with van der Waals surface area (Å²) in [6.07, 6.45) is 1.26. The number of benzene rings is 2. The second-order valence-electron chi connectivity index (χ2n) is 5.45. The maximum absolute atomic E-state index is 13.0. The van der Waals surface area contributed by atoms with E-state index in [0.29, 0.717) is 17.0 Å². The zero-order valence-electron chi connectivity index (χ0n) is 13.7. The molecular formula is C17H13FN4O4S. The van der Waals surface area contributed by atoms with Crippen molar-refractivity contribution in [2.24, 2.45) is 0 Å². The standard InChI is InChI=1S/C17H13FN4O4S/c18-13-7-5-12(6-8-13)15-9-14(19-11-20-15)10-21-27(25,26)17-4-2-1-3-16(17)22(23)24/h1-9,11,21H,10H2. The van der Waals surface area contributed by atoms with Crippen molar-refractivity contribution < 1.29 is 17.7 Å². The number of sulfonamides is 1. The SMILES string of the molecule is O=[N+]([O-])c1ccccc1S(=O)(=O)NCc1cc(-c2ccc(F)cc2)ncn1. The maximum atomic E-state index is 13.0. The molecule has 0 saturated carbocycles. The van der Waals surface area contributed by atoms with E-state index in [1.807, 2.05) is 0 Å². The molecule has 0 aliphatic heterocycles. The van der Waals surface area contributed by atoms with Gasteiger partial charge in [-0.05, 0) is 36.4 Å². The summed E-state index contributed by atoms with van der Waals surface area (Å²) in [5.41, 5.74) is 0.970. The highest BCUT2D eigenvalue weighted by molar-refractivity contribution is 7.89. The molecule has 27 heavy (non-hydrogen) atoms. The first-order valence-electron chi connectivity index (χ1n) is 7.67. The van der Waals surface area contributed by atoms with E-state index >= 15 is 0 Å². The topological polar surface area (TPSA) is 115 Å². The first-order chi connectivity index (χ1) is 12.9. The fraction of sp³-hybridized carbons (Fsp3) is 0.0588. The van der Waals surface area contributed by atoms with E-state index in [2.05, 4.69) is 14.7 Å². The largest absolute Gasteiger partial charge is 0.289 e. The number of hydrogen-bond donors (Lipinski definition) is 1. The van der Waals surface area contributed by atoms with Gasteiger partial charge < -0.3 is 0 Å². The van der Waals surface area contributed by atoms with Crippen LogP contribution in [0.5, 0.6) is 0 Å². The third-order valence-corrected chi connectivity index (χ3v) is 5.11. The van der Waals surface area contributed by atoms with Gasteiger partial charge in [-0.15, -0.1) is 0 Å². The van der Waals surface area contributed by atoms with E-state index in [9.17, 15) is 22.9 Å². The smallest absolute Gasteiger partial charge is 0.258 e. The Morgan fingerprint density at radius 1 is 1.07 bits per heavy atom. The number of hydrogen-bond acceptors (Lipinski definition) is 6. The van der Waals surface area contributed by atoms with E-state index in [0.717, 1.165) is 12.1 Å². The molecule has 1 N–H and O–H groups in total. The molecular weight excluding hydrogens is 375 g/mol. The molecule has 0 aliphatic rings. The van der Waals surface area contributed by atoms with Gasteiger partial charge in [-0.3, -0.25) is 10.1 Å². The molecule has 0 radical (unpaired) electrons. The summed E-state index contributed by atoms with van der Waals surface area (Å²) in [6, 6.07) is 12.3. The molecule has 3 aromatic rings. The third-order valence-electron chi connectivity index (χ3n) is 3.66. The molecule has 0 bridgehead atoms. The van der Waals surface area contributed by atoms with E-state index in [4.69, 9.17) is 0 Å². The average Bonchev–Trinajstić information content (AvgIpc) is 2.67. The predicted molar refractivity (Wildman–Crippen MR) is 94.5 cm³/mol. The van der Waals surface area contributed by atoms with Crippen molar-refractivity contribution >= 4 is 15.7 Å². The first kappa shape index (κ1) is 18.5. The molecule has 1 heterocycles. The molecule has 8 nitrogen and oxygen atoms in total. The Bertz CT molecular complexity index is 1090. The molecule has 0 saturated heterocycles. The number of nitrogens with one attached hydrogen (secondary N) is 1. The lowest BCUT2D eigenvalue weighted by molar-refractivity contribution is -0.387. The minimum absolute atomic E-state index is 0.189. The van der Waals surface area contributed by atoms with Crippen LogP contribution in [-0.4, -0.2) is 23.3 Å². The van der Waals surface area contributed by atoms with Crippen molar-refractivity contribution in [2.45, 2.75) is 11.4 Å². The minimum Gasteiger partial charge on any atom is -0.258 e. The number of para-hydroxylation sites is 1. The van der Waals surface area contributed by atoms with Crippen LogP contribution in [0.3, 0.4) is 0 Å². The fourth-order valence-electron chi connectivity index (χ4n) is 2.35. The Morgan fingerprint density at radius 2 is 1.78 bits per heavy atom. The number of aromatic nitrogens is 2. The van der Waals surface area contributed by atoms with E-state index in [1.165, 1.54) is 30.6 Å². The minimum atomic E-state index is -4.12. The highest BCUT2D eigenvalue weighted by Crippen LogP contribution is 2.23. The lowest BCUT2D eigenvalue weighted by Crippen LogP contribution is -2.24. The zero-order valence-corrected chi connectivity index (χ0v) is 14.6. The van der Waals surface area contributed by atoms with Gasteiger partial charge >= 0.3 is 0 Å². The Kier molecular flexibility index (Phi) is 5.19. The van der Waals surface area contributed by atoms with Crippen molar-refractivity contribution in [1.82, 2.24) is 14.7 Å². The molecule has 0 unspecified atom stereocenters. The van der Waals surface area contributed by atoms with Crippen molar-refractivity contribution in [3.8, 4) is 11.3 Å². The molecule has 0 fully saturated rings. The van der Waals surface area contributed by atoms with Crippen molar-refractivity contribution in [3.05, 3.63) is 82.6 Å². The van der Waals surface area contributed by atoms with Gasteiger partial charge in [0.1, 0.15) is 12.1 Å². The van der Waals surface area contributed by atoms with Gasteiger partial charge in [-0.1, -0.05) is 12.1 Å². The van der Waals surface area contributed by atoms with Gasteiger partial charge in [0, 0.05) is 11.6 Å². The van der Waals surface area contributed by atoms with Crippen LogP contribution in [-0.2, 0) is 16.6 Å². The second-order valence-corrected chi connectivity index (χ2v) is 7.19. The highest BCUT2D eigenvalue weighted by atomic mass is 32.2. The van der Waals surface area contributed by atoms with Crippen LogP contribution in [0.4, 0.5) is 10.1 Å². The number of rotatable bonds is 6. The Labute approximate surface area is 153 Å². The molecule has 0 atom stereocenters.